The van der Waals surface area contributed by atoms with Gasteiger partial charge in [-0.15, -0.1) is 13.2 Å². The topological polar surface area (TPSA) is 65.8 Å². The van der Waals surface area contributed by atoms with Gasteiger partial charge in [0.1, 0.15) is 12.4 Å². The zero-order valence-corrected chi connectivity index (χ0v) is 14.1. The van der Waals surface area contributed by atoms with Crippen molar-refractivity contribution in [3.05, 3.63) is 47.3 Å². The molecule has 142 valence electrons. The van der Waals surface area contributed by atoms with Gasteiger partial charge in [0, 0.05) is 26.1 Å². The van der Waals surface area contributed by atoms with Crippen molar-refractivity contribution >= 4 is 0 Å². The maximum Gasteiger partial charge on any atom is 0.573 e. The van der Waals surface area contributed by atoms with Crippen LogP contribution in [-0.2, 0) is 29.0 Å². The van der Waals surface area contributed by atoms with E-state index in [0.29, 0.717) is 38.5 Å². The van der Waals surface area contributed by atoms with Crippen LogP contribution in [0.25, 0.3) is 0 Å². The van der Waals surface area contributed by atoms with E-state index in [1.54, 1.807) is 19.2 Å². The number of rotatable bonds is 8. The van der Waals surface area contributed by atoms with E-state index in [1.807, 2.05) is 6.07 Å². The fourth-order valence-corrected chi connectivity index (χ4v) is 2.71. The van der Waals surface area contributed by atoms with Crippen molar-refractivity contribution < 1.29 is 31.9 Å². The first-order valence-electron chi connectivity index (χ1n) is 7.98. The molecular weight excluding hydrogens is 353 g/mol. The average Bonchev–Trinajstić information content (AvgIpc) is 2.97. The van der Waals surface area contributed by atoms with Gasteiger partial charge in [0.05, 0.1) is 24.4 Å². The first-order valence-corrected chi connectivity index (χ1v) is 7.98. The van der Waals surface area contributed by atoms with Crippen molar-refractivity contribution in [2.24, 2.45) is 0 Å². The van der Waals surface area contributed by atoms with Crippen LogP contribution in [0.4, 0.5) is 13.2 Å². The van der Waals surface area contributed by atoms with Crippen molar-refractivity contribution in [2.75, 3.05) is 20.3 Å². The summed E-state index contributed by atoms with van der Waals surface area (Å²) >= 11 is 0. The highest BCUT2D eigenvalue weighted by Crippen LogP contribution is 2.25. The van der Waals surface area contributed by atoms with Crippen molar-refractivity contribution in [3.63, 3.8) is 0 Å². The van der Waals surface area contributed by atoms with Crippen LogP contribution in [0.1, 0.15) is 17.0 Å². The van der Waals surface area contributed by atoms with Gasteiger partial charge in [-0.3, -0.25) is 0 Å². The second kappa shape index (κ2) is 7.65. The average molecular weight is 372 g/mol. The summed E-state index contributed by atoms with van der Waals surface area (Å²) in [6.07, 6.45) is -4.07. The Bertz CT molecular complexity index is 712. The Labute approximate surface area is 148 Å². The number of aromatic nitrogens is 1. The van der Waals surface area contributed by atoms with Crippen LogP contribution in [0.2, 0.25) is 0 Å². The summed E-state index contributed by atoms with van der Waals surface area (Å²) in [6.45, 7) is 1.89. The minimum atomic E-state index is -4.69. The van der Waals surface area contributed by atoms with E-state index in [4.69, 9.17) is 14.0 Å². The van der Waals surface area contributed by atoms with E-state index in [0.717, 1.165) is 11.3 Å². The third-order valence-corrected chi connectivity index (χ3v) is 4.00. The lowest BCUT2D eigenvalue weighted by Crippen LogP contribution is -2.61. The minimum absolute atomic E-state index is 0.240. The fraction of sp³-hybridized carbons (Fsp3) is 0.471. The molecule has 0 aliphatic carbocycles. The van der Waals surface area contributed by atoms with Crippen LogP contribution in [0.3, 0.4) is 0 Å². The highest BCUT2D eigenvalue weighted by Gasteiger charge is 2.39. The third-order valence-electron chi connectivity index (χ3n) is 4.00. The number of hydrogen-bond donors (Lipinski definition) is 1. The van der Waals surface area contributed by atoms with E-state index in [9.17, 15) is 13.2 Å². The molecule has 26 heavy (non-hydrogen) atoms. The van der Waals surface area contributed by atoms with Gasteiger partial charge >= 0.3 is 6.36 Å². The van der Waals surface area contributed by atoms with Gasteiger partial charge in [-0.25, -0.2) is 0 Å². The zero-order valence-electron chi connectivity index (χ0n) is 14.1. The van der Waals surface area contributed by atoms with E-state index in [2.05, 4.69) is 15.2 Å². The summed E-state index contributed by atoms with van der Waals surface area (Å²) in [7, 11) is 1.58. The molecule has 9 heteroatoms. The summed E-state index contributed by atoms with van der Waals surface area (Å²) in [4.78, 5) is 0. The van der Waals surface area contributed by atoms with E-state index >= 15 is 0 Å². The Morgan fingerprint density at radius 3 is 2.54 bits per heavy atom. The summed E-state index contributed by atoms with van der Waals surface area (Å²) in [5, 5.41) is 7.43. The first-order chi connectivity index (χ1) is 12.4. The molecule has 1 aliphatic rings. The molecule has 1 aromatic carbocycles. The predicted octanol–water partition coefficient (Wildman–Crippen LogP) is 2.82. The molecule has 0 amide bonds. The molecule has 1 N–H and O–H groups in total. The molecule has 0 spiro atoms. The summed E-state index contributed by atoms with van der Waals surface area (Å²) in [5.74, 6) is 0.411. The van der Waals surface area contributed by atoms with Crippen LogP contribution in [0.5, 0.6) is 5.75 Å². The molecule has 0 radical (unpaired) electrons. The minimum Gasteiger partial charge on any atom is -0.406 e. The molecular formula is C17H19F3N2O4. The lowest BCUT2D eigenvalue weighted by molar-refractivity contribution is -0.274. The number of nitrogens with one attached hydrogen (secondary N) is 1. The summed E-state index contributed by atoms with van der Waals surface area (Å²) in [5.41, 5.74) is 1.36. The molecule has 6 nitrogen and oxygen atoms in total. The number of halogens is 3. The van der Waals surface area contributed by atoms with Crippen LogP contribution in [0.15, 0.2) is 34.9 Å². The molecule has 3 rings (SSSR count). The first kappa shape index (κ1) is 18.7. The van der Waals surface area contributed by atoms with Crippen molar-refractivity contribution in [2.45, 2.75) is 31.5 Å². The Hall–Kier alpha value is -2.10. The molecule has 2 aromatic rings. The van der Waals surface area contributed by atoms with Gasteiger partial charge in [-0.05, 0) is 17.7 Å². The molecule has 1 aromatic heterocycles. The van der Waals surface area contributed by atoms with Crippen LogP contribution in [-0.4, -0.2) is 37.4 Å². The number of ether oxygens (including phenoxy) is 3. The van der Waals surface area contributed by atoms with Crippen LogP contribution < -0.4 is 10.1 Å². The summed E-state index contributed by atoms with van der Waals surface area (Å²) < 4.78 is 56.0. The highest BCUT2D eigenvalue weighted by molar-refractivity contribution is 5.27. The van der Waals surface area contributed by atoms with E-state index in [-0.39, 0.29) is 11.3 Å². The molecule has 0 saturated carbocycles. The van der Waals surface area contributed by atoms with Gasteiger partial charge in [0.25, 0.3) is 0 Å². The van der Waals surface area contributed by atoms with Crippen molar-refractivity contribution in [1.82, 2.24) is 10.5 Å². The van der Waals surface area contributed by atoms with Gasteiger partial charge in [0.2, 0.25) is 0 Å². The smallest absolute Gasteiger partial charge is 0.406 e. The van der Waals surface area contributed by atoms with Gasteiger partial charge in [-0.2, -0.15) is 0 Å². The molecule has 1 fully saturated rings. The molecule has 2 heterocycles. The third kappa shape index (κ3) is 4.96. The highest BCUT2D eigenvalue weighted by atomic mass is 19.4. The second-order valence-corrected chi connectivity index (χ2v) is 6.21. The lowest BCUT2D eigenvalue weighted by Gasteiger charge is -2.42. The monoisotopic (exact) mass is 372 g/mol. The predicted molar refractivity (Wildman–Crippen MR) is 84.4 cm³/mol. The summed E-state index contributed by atoms with van der Waals surface area (Å²) in [6, 6.07) is 7.61. The van der Waals surface area contributed by atoms with Crippen LogP contribution >= 0.6 is 0 Å². The van der Waals surface area contributed by atoms with E-state index < -0.39 is 6.36 Å². The maximum absolute atomic E-state index is 12.2. The Morgan fingerprint density at radius 1 is 1.23 bits per heavy atom. The van der Waals surface area contributed by atoms with Crippen LogP contribution in [0, 0.1) is 0 Å². The van der Waals surface area contributed by atoms with Crippen molar-refractivity contribution in [3.8, 4) is 5.75 Å². The standard InChI is InChI=1S/C17H19F3N2O4/c1-23-9-15-6-13(22-26-15)7-16(10-24-11-16)21-8-12-2-4-14(5-3-12)25-17(18,19)20/h2-6,21H,7-11H2,1H3. The molecule has 0 atom stereocenters. The molecule has 1 saturated heterocycles. The Kier molecular flexibility index (Phi) is 5.49. The number of nitrogens with zero attached hydrogens (tertiary/aromatic N) is 1. The Morgan fingerprint density at radius 2 is 1.96 bits per heavy atom. The second-order valence-electron chi connectivity index (χ2n) is 6.21. The normalized spacial score (nSPS) is 16.3. The lowest BCUT2D eigenvalue weighted by atomic mass is 9.91. The largest absolute Gasteiger partial charge is 0.573 e. The van der Waals surface area contributed by atoms with Gasteiger partial charge in [0.15, 0.2) is 5.76 Å². The van der Waals surface area contributed by atoms with E-state index in [1.165, 1.54) is 12.1 Å². The van der Waals surface area contributed by atoms with Crippen molar-refractivity contribution in [1.29, 1.82) is 0 Å². The Balaban J connectivity index is 1.56. The zero-order chi connectivity index (χ0) is 18.6. The number of methoxy groups -OCH3 is 1. The quantitative estimate of drug-likeness (QED) is 0.769. The molecule has 0 bridgehead atoms. The fourth-order valence-electron chi connectivity index (χ4n) is 2.71. The number of hydrogen-bond acceptors (Lipinski definition) is 6. The maximum atomic E-state index is 12.2. The SMILES string of the molecule is COCc1cc(CC2(NCc3ccc(OC(F)(F)F)cc3)COC2)no1. The van der Waals surface area contributed by atoms with Gasteiger partial charge in [-0.1, -0.05) is 17.3 Å². The number of alkyl halides is 3. The number of benzene rings is 1. The van der Waals surface area contributed by atoms with Gasteiger partial charge < -0.3 is 24.1 Å². The molecule has 1 aliphatic heterocycles. The molecule has 0 unspecified atom stereocenters.